The van der Waals surface area contributed by atoms with Gasteiger partial charge in [-0.05, 0) is 5.56 Å². The van der Waals surface area contributed by atoms with Gasteiger partial charge in [0.05, 0.1) is 19.4 Å². The summed E-state index contributed by atoms with van der Waals surface area (Å²) in [7, 11) is 1.30. The lowest BCUT2D eigenvalue weighted by Gasteiger charge is -2.09. The van der Waals surface area contributed by atoms with Crippen LogP contribution in [0.3, 0.4) is 0 Å². The van der Waals surface area contributed by atoms with Crippen LogP contribution in [-0.4, -0.2) is 19.0 Å². The van der Waals surface area contributed by atoms with Crippen molar-refractivity contribution in [2.75, 3.05) is 7.11 Å². The fraction of sp³-hybridized carbons (Fsp3) is 0.385. The van der Waals surface area contributed by atoms with E-state index in [1.807, 2.05) is 30.3 Å². The number of carbonyl (C=O) groups is 2. The van der Waals surface area contributed by atoms with E-state index in [-0.39, 0.29) is 13.0 Å². The number of carbonyl (C=O) groups excluding carboxylic acids is 2. The lowest BCUT2D eigenvalue weighted by atomic mass is 10.1. The Labute approximate surface area is 101 Å². The van der Waals surface area contributed by atoms with E-state index in [0.29, 0.717) is 0 Å². The van der Waals surface area contributed by atoms with Crippen molar-refractivity contribution >= 4 is 11.9 Å². The highest BCUT2D eigenvalue weighted by atomic mass is 16.5. The standard InChI is InChI=1S/C13H16O4/c1-10(13(15)16-2)8-12(14)17-9-11-6-4-3-5-7-11/h3-7,10H,8-9H2,1-2H3/t10-/m0/s1. The zero-order chi connectivity index (χ0) is 12.7. The molecule has 0 bridgehead atoms. The number of esters is 2. The molecule has 1 aromatic rings. The molecule has 0 saturated carbocycles. The Morgan fingerprint density at radius 1 is 1.24 bits per heavy atom. The number of benzene rings is 1. The summed E-state index contributed by atoms with van der Waals surface area (Å²) in [4.78, 5) is 22.5. The Morgan fingerprint density at radius 2 is 1.88 bits per heavy atom. The van der Waals surface area contributed by atoms with Gasteiger partial charge in [0.2, 0.25) is 0 Å². The van der Waals surface area contributed by atoms with Crippen LogP contribution >= 0.6 is 0 Å². The van der Waals surface area contributed by atoms with E-state index in [9.17, 15) is 9.59 Å². The van der Waals surface area contributed by atoms with Crippen LogP contribution in [0.15, 0.2) is 30.3 Å². The molecule has 0 aliphatic carbocycles. The van der Waals surface area contributed by atoms with Gasteiger partial charge < -0.3 is 9.47 Å². The molecular weight excluding hydrogens is 220 g/mol. The van der Waals surface area contributed by atoms with Crippen LogP contribution in [0, 0.1) is 5.92 Å². The largest absolute Gasteiger partial charge is 0.469 e. The van der Waals surface area contributed by atoms with Crippen molar-refractivity contribution in [1.82, 2.24) is 0 Å². The van der Waals surface area contributed by atoms with Gasteiger partial charge in [0.25, 0.3) is 0 Å². The summed E-state index contributed by atoms with van der Waals surface area (Å²) in [5.74, 6) is -1.27. The fourth-order valence-electron chi connectivity index (χ4n) is 1.33. The highest BCUT2D eigenvalue weighted by Gasteiger charge is 2.18. The topological polar surface area (TPSA) is 52.6 Å². The van der Waals surface area contributed by atoms with E-state index in [2.05, 4.69) is 4.74 Å². The van der Waals surface area contributed by atoms with Crippen LogP contribution in [0.4, 0.5) is 0 Å². The first-order chi connectivity index (χ1) is 8.13. The minimum absolute atomic E-state index is 0.0412. The summed E-state index contributed by atoms with van der Waals surface area (Å²) in [5, 5.41) is 0. The summed E-state index contributed by atoms with van der Waals surface area (Å²) in [6.07, 6.45) is 0.0412. The van der Waals surface area contributed by atoms with Gasteiger partial charge in [-0.3, -0.25) is 9.59 Å². The Balaban J connectivity index is 2.33. The monoisotopic (exact) mass is 236 g/mol. The van der Waals surface area contributed by atoms with Crippen molar-refractivity contribution in [2.24, 2.45) is 5.92 Å². The molecule has 0 aromatic heterocycles. The molecule has 0 heterocycles. The lowest BCUT2D eigenvalue weighted by Crippen LogP contribution is -2.18. The Kier molecular flexibility index (Phi) is 5.20. The first kappa shape index (κ1) is 13.2. The van der Waals surface area contributed by atoms with Crippen LogP contribution < -0.4 is 0 Å². The highest BCUT2D eigenvalue weighted by molar-refractivity contribution is 5.79. The van der Waals surface area contributed by atoms with Crippen molar-refractivity contribution in [3.63, 3.8) is 0 Å². The summed E-state index contributed by atoms with van der Waals surface area (Å²) < 4.78 is 9.58. The van der Waals surface area contributed by atoms with Crippen LogP contribution in [0.1, 0.15) is 18.9 Å². The summed E-state index contributed by atoms with van der Waals surface area (Å²) >= 11 is 0. The van der Waals surface area contributed by atoms with Crippen LogP contribution in [-0.2, 0) is 25.7 Å². The molecule has 0 spiro atoms. The van der Waals surface area contributed by atoms with E-state index in [4.69, 9.17) is 4.74 Å². The summed E-state index contributed by atoms with van der Waals surface area (Å²) in [6.45, 7) is 1.86. The quantitative estimate of drug-likeness (QED) is 0.733. The third-order valence-corrected chi connectivity index (χ3v) is 2.32. The van der Waals surface area contributed by atoms with Crippen molar-refractivity contribution < 1.29 is 19.1 Å². The maximum Gasteiger partial charge on any atom is 0.308 e. The Morgan fingerprint density at radius 3 is 2.47 bits per heavy atom. The van der Waals surface area contributed by atoms with Crippen molar-refractivity contribution in [1.29, 1.82) is 0 Å². The maximum atomic E-state index is 11.4. The van der Waals surface area contributed by atoms with Gasteiger partial charge in [0, 0.05) is 0 Å². The number of hydrogen-bond donors (Lipinski definition) is 0. The van der Waals surface area contributed by atoms with Gasteiger partial charge in [0.15, 0.2) is 0 Å². The van der Waals surface area contributed by atoms with E-state index < -0.39 is 17.9 Å². The normalized spacial score (nSPS) is 11.6. The van der Waals surface area contributed by atoms with E-state index >= 15 is 0 Å². The van der Waals surface area contributed by atoms with Crippen molar-refractivity contribution in [2.45, 2.75) is 20.0 Å². The van der Waals surface area contributed by atoms with Crippen LogP contribution in [0.2, 0.25) is 0 Å². The van der Waals surface area contributed by atoms with E-state index in [0.717, 1.165) is 5.56 Å². The minimum Gasteiger partial charge on any atom is -0.469 e. The average Bonchev–Trinajstić information content (AvgIpc) is 2.36. The number of rotatable bonds is 5. The predicted molar refractivity (Wildman–Crippen MR) is 62.0 cm³/mol. The molecule has 4 heteroatoms. The number of methoxy groups -OCH3 is 1. The zero-order valence-corrected chi connectivity index (χ0v) is 10.0. The SMILES string of the molecule is COC(=O)[C@@H](C)CC(=O)OCc1ccccc1. The maximum absolute atomic E-state index is 11.4. The number of ether oxygens (including phenoxy) is 2. The smallest absolute Gasteiger partial charge is 0.308 e. The molecule has 0 radical (unpaired) electrons. The lowest BCUT2D eigenvalue weighted by molar-refractivity contribution is -0.153. The van der Waals surface area contributed by atoms with Gasteiger partial charge in [-0.25, -0.2) is 0 Å². The van der Waals surface area contributed by atoms with E-state index in [1.165, 1.54) is 7.11 Å². The first-order valence-electron chi connectivity index (χ1n) is 5.41. The van der Waals surface area contributed by atoms with Gasteiger partial charge >= 0.3 is 11.9 Å². The Hall–Kier alpha value is -1.84. The van der Waals surface area contributed by atoms with Crippen LogP contribution in [0.25, 0.3) is 0 Å². The van der Waals surface area contributed by atoms with Crippen molar-refractivity contribution in [3.05, 3.63) is 35.9 Å². The summed E-state index contributed by atoms with van der Waals surface area (Å²) in [5.41, 5.74) is 0.923. The van der Waals surface area contributed by atoms with Gasteiger partial charge in [0.1, 0.15) is 6.61 Å². The van der Waals surface area contributed by atoms with Gasteiger partial charge in [-0.2, -0.15) is 0 Å². The van der Waals surface area contributed by atoms with E-state index in [1.54, 1.807) is 6.92 Å². The zero-order valence-electron chi connectivity index (χ0n) is 10.0. The molecule has 1 atom stereocenters. The second-order valence-corrected chi connectivity index (χ2v) is 3.77. The average molecular weight is 236 g/mol. The van der Waals surface area contributed by atoms with Gasteiger partial charge in [-0.1, -0.05) is 37.3 Å². The molecule has 0 unspecified atom stereocenters. The molecule has 1 aromatic carbocycles. The second-order valence-electron chi connectivity index (χ2n) is 3.77. The Bertz CT molecular complexity index is 372. The third kappa shape index (κ3) is 4.68. The molecule has 0 fully saturated rings. The molecular formula is C13H16O4. The number of hydrogen-bond acceptors (Lipinski definition) is 4. The molecule has 1 rings (SSSR count). The van der Waals surface area contributed by atoms with Crippen molar-refractivity contribution in [3.8, 4) is 0 Å². The molecule has 0 N–H and O–H groups in total. The summed E-state index contributed by atoms with van der Waals surface area (Å²) in [6, 6.07) is 9.39. The molecule has 0 aliphatic rings. The molecule has 0 aliphatic heterocycles. The van der Waals surface area contributed by atoms with Crippen LogP contribution in [0.5, 0.6) is 0 Å². The third-order valence-electron chi connectivity index (χ3n) is 2.32. The highest BCUT2D eigenvalue weighted by Crippen LogP contribution is 2.07. The van der Waals surface area contributed by atoms with Gasteiger partial charge in [-0.15, -0.1) is 0 Å². The fourth-order valence-corrected chi connectivity index (χ4v) is 1.33. The molecule has 0 saturated heterocycles. The molecule has 4 nitrogen and oxygen atoms in total. The molecule has 92 valence electrons. The molecule has 17 heavy (non-hydrogen) atoms. The molecule has 0 amide bonds. The second kappa shape index (κ2) is 6.68. The predicted octanol–water partition coefficient (Wildman–Crippen LogP) is 1.93. The first-order valence-corrected chi connectivity index (χ1v) is 5.41. The minimum atomic E-state index is -0.469.